The molecule has 0 bridgehead atoms. The number of hydrogen-bond donors (Lipinski definition) is 1. The zero-order valence-corrected chi connectivity index (χ0v) is 11.5. The smallest absolute Gasteiger partial charge is 0.137 e. The molecule has 0 amide bonds. The molecule has 0 spiro atoms. The Labute approximate surface area is 109 Å². The lowest BCUT2D eigenvalue weighted by atomic mass is 10.2. The van der Waals surface area contributed by atoms with Gasteiger partial charge in [-0.25, -0.2) is 0 Å². The molecular weight excluding hydrogens is 234 g/mol. The van der Waals surface area contributed by atoms with E-state index in [0.717, 1.165) is 37.4 Å². The minimum Gasteiger partial charge on any atom is -0.492 e. The van der Waals surface area contributed by atoms with Crippen LogP contribution in [0.1, 0.15) is 31.7 Å². The van der Waals surface area contributed by atoms with Gasteiger partial charge in [0.25, 0.3) is 0 Å². The van der Waals surface area contributed by atoms with Crippen molar-refractivity contribution in [2.24, 2.45) is 0 Å². The van der Waals surface area contributed by atoms with Crippen LogP contribution in [0.5, 0.6) is 5.75 Å². The molecule has 2 nitrogen and oxygen atoms in total. The number of hydrogen-bond acceptors (Lipinski definition) is 2. The van der Waals surface area contributed by atoms with Gasteiger partial charge in [0.1, 0.15) is 5.75 Å². The third-order valence-corrected chi connectivity index (χ3v) is 2.89. The molecule has 1 aromatic carbocycles. The highest BCUT2D eigenvalue weighted by atomic mass is 35.5. The van der Waals surface area contributed by atoms with E-state index in [-0.39, 0.29) is 0 Å². The number of unbranched alkanes of at least 4 members (excludes halogenated alkanes) is 2. The van der Waals surface area contributed by atoms with Gasteiger partial charge in [-0.15, -0.1) is 0 Å². The maximum absolute atomic E-state index is 6.08. The van der Waals surface area contributed by atoms with Gasteiger partial charge >= 0.3 is 0 Å². The van der Waals surface area contributed by atoms with Crippen LogP contribution < -0.4 is 10.1 Å². The molecule has 96 valence electrons. The number of halogens is 1. The molecule has 0 atom stereocenters. The first-order chi connectivity index (χ1) is 8.24. The fourth-order valence-electron chi connectivity index (χ4n) is 1.61. The van der Waals surface area contributed by atoms with Crippen molar-refractivity contribution >= 4 is 11.6 Å². The maximum atomic E-state index is 6.08. The highest BCUT2D eigenvalue weighted by Crippen LogP contribution is 2.25. The van der Waals surface area contributed by atoms with Crippen LogP contribution >= 0.6 is 11.6 Å². The minimum atomic E-state index is 0.706. The summed E-state index contributed by atoms with van der Waals surface area (Å²) in [4.78, 5) is 0. The fourth-order valence-corrected chi connectivity index (χ4v) is 1.90. The molecule has 3 heteroatoms. The number of benzene rings is 1. The molecule has 0 aliphatic rings. The van der Waals surface area contributed by atoms with Crippen molar-refractivity contribution in [3.63, 3.8) is 0 Å². The van der Waals surface area contributed by atoms with Crippen LogP contribution in [-0.4, -0.2) is 19.7 Å². The molecule has 0 unspecified atom stereocenters. The van der Waals surface area contributed by atoms with Crippen LogP contribution in [0.25, 0.3) is 0 Å². The van der Waals surface area contributed by atoms with Gasteiger partial charge in [-0.1, -0.05) is 24.6 Å². The minimum absolute atomic E-state index is 0.706. The molecular formula is C14H22ClNO. The average molecular weight is 256 g/mol. The Hall–Kier alpha value is -0.730. The Balaban J connectivity index is 2.14. The van der Waals surface area contributed by atoms with E-state index in [0.29, 0.717) is 5.02 Å². The molecule has 0 fully saturated rings. The van der Waals surface area contributed by atoms with E-state index in [9.17, 15) is 0 Å². The van der Waals surface area contributed by atoms with Crippen LogP contribution in [0.2, 0.25) is 5.02 Å². The van der Waals surface area contributed by atoms with Crippen molar-refractivity contribution in [3.8, 4) is 5.75 Å². The topological polar surface area (TPSA) is 21.3 Å². The second-order valence-corrected chi connectivity index (χ2v) is 4.60. The van der Waals surface area contributed by atoms with Gasteiger partial charge in [0.15, 0.2) is 0 Å². The second-order valence-electron chi connectivity index (χ2n) is 4.20. The standard InChI is InChI=1S/C14H22ClNO/c1-3-16-9-5-4-6-10-17-14-8-7-12(2)11-13(14)15/h7-8,11,16H,3-6,9-10H2,1-2H3. The lowest BCUT2D eigenvalue weighted by molar-refractivity contribution is 0.305. The van der Waals surface area contributed by atoms with E-state index in [1.54, 1.807) is 0 Å². The molecule has 1 rings (SSSR count). The molecule has 1 N–H and O–H groups in total. The van der Waals surface area contributed by atoms with Crippen LogP contribution in [0.15, 0.2) is 18.2 Å². The average Bonchev–Trinajstić information content (AvgIpc) is 2.30. The molecule has 0 radical (unpaired) electrons. The summed E-state index contributed by atoms with van der Waals surface area (Å²) in [6.45, 7) is 7.05. The number of aryl methyl sites for hydroxylation is 1. The van der Waals surface area contributed by atoms with Crippen molar-refractivity contribution in [1.82, 2.24) is 5.32 Å². The SMILES string of the molecule is CCNCCCCCOc1ccc(C)cc1Cl. The van der Waals surface area contributed by atoms with Gasteiger partial charge in [0.2, 0.25) is 0 Å². The Kier molecular flexibility index (Phi) is 7.06. The molecule has 0 aliphatic carbocycles. The third kappa shape index (κ3) is 5.94. The maximum Gasteiger partial charge on any atom is 0.137 e. The first kappa shape index (κ1) is 14.3. The van der Waals surface area contributed by atoms with Gasteiger partial charge in [-0.05, 0) is 57.0 Å². The van der Waals surface area contributed by atoms with Crippen molar-refractivity contribution < 1.29 is 4.74 Å². The second kappa shape index (κ2) is 8.37. The summed E-state index contributed by atoms with van der Waals surface area (Å²) in [5.74, 6) is 0.795. The molecule has 17 heavy (non-hydrogen) atoms. The fraction of sp³-hybridized carbons (Fsp3) is 0.571. The summed E-state index contributed by atoms with van der Waals surface area (Å²) < 4.78 is 5.65. The van der Waals surface area contributed by atoms with Gasteiger partial charge in [0.05, 0.1) is 11.6 Å². The highest BCUT2D eigenvalue weighted by Gasteiger charge is 2.00. The summed E-state index contributed by atoms with van der Waals surface area (Å²) in [5.41, 5.74) is 1.16. The number of nitrogens with one attached hydrogen (secondary N) is 1. The quantitative estimate of drug-likeness (QED) is 0.714. The van der Waals surface area contributed by atoms with Crippen LogP contribution in [-0.2, 0) is 0 Å². The number of rotatable bonds is 8. The van der Waals surface area contributed by atoms with Gasteiger partial charge in [-0.2, -0.15) is 0 Å². The first-order valence-electron chi connectivity index (χ1n) is 6.33. The summed E-state index contributed by atoms with van der Waals surface area (Å²) >= 11 is 6.08. The number of ether oxygens (including phenoxy) is 1. The van der Waals surface area contributed by atoms with E-state index in [2.05, 4.69) is 12.2 Å². The van der Waals surface area contributed by atoms with Gasteiger partial charge in [0, 0.05) is 0 Å². The zero-order chi connectivity index (χ0) is 12.5. The first-order valence-corrected chi connectivity index (χ1v) is 6.71. The van der Waals surface area contributed by atoms with Crippen molar-refractivity contribution in [2.45, 2.75) is 33.1 Å². The van der Waals surface area contributed by atoms with Crippen molar-refractivity contribution in [2.75, 3.05) is 19.7 Å². The Morgan fingerprint density at radius 1 is 1.24 bits per heavy atom. The Bertz CT molecular complexity index is 328. The van der Waals surface area contributed by atoms with Gasteiger partial charge < -0.3 is 10.1 Å². The lowest BCUT2D eigenvalue weighted by Crippen LogP contribution is -2.14. The van der Waals surface area contributed by atoms with E-state index >= 15 is 0 Å². The van der Waals surface area contributed by atoms with Crippen molar-refractivity contribution in [3.05, 3.63) is 28.8 Å². The molecule has 0 aliphatic heterocycles. The van der Waals surface area contributed by atoms with E-state index in [4.69, 9.17) is 16.3 Å². The van der Waals surface area contributed by atoms with Crippen molar-refractivity contribution in [1.29, 1.82) is 0 Å². The van der Waals surface area contributed by atoms with E-state index in [1.165, 1.54) is 12.8 Å². The van der Waals surface area contributed by atoms with Crippen LogP contribution in [0.3, 0.4) is 0 Å². The predicted octanol–water partition coefficient (Wildman–Crippen LogP) is 3.81. The summed E-state index contributed by atoms with van der Waals surface area (Å²) in [5, 5.41) is 4.02. The largest absolute Gasteiger partial charge is 0.492 e. The molecule has 0 aromatic heterocycles. The molecule has 0 saturated carbocycles. The van der Waals surface area contributed by atoms with Gasteiger partial charge in [-0.3, -0.25) is 0 Å². The third-order valence-electron chi connectivity index (χ3n) is 2.59. The molecule has 0 saturated heterocycles. The summed E-state index contributed by atoms with van der Waals surface area (Å²) in [6, 6.07) is 5.89. The normalized spacial score (nSPS) is 10.5. The predicted molar refractivity (Wildman–Crippen MR) is 74.1 cm³/mol. The molecule has 0 heterocycles. The van der Waals surface area contributed by atoms with Crippen LogP contribution in [0.4, 0.5) is 0 Å². The monoisotopic (exact) mass is 255 g/mol. The Morgan fingerprint density at radius 2 is 2.06 bits per heavy atom. The Morgan fingerprint density at radius 3 is 2.76 bits per heavy atom. The zero-order valence-electron chi connectivity index (χ0n) is 10.8. The molecule has 1 aromatic rings. The highest BCUT2D eigenvalue weighted by molar-refractivity contribution is 6.32. The van der Waals surface area contributed by atoms with E-state index in [1.807, 2.05) is 25.1 Å². The van der Waals surface area contributed by atoms with E-state index < -0.39 is 0 Å². The van der Waals surface area contributed by atoms with Crippen LogP contribution in [0, 0.1) is 6.92 Å². The lowest BCUT2D eigenvalue weighted by Gasteiger charge is -2.08. The summed E-state index contributed by atoms with van der Waals surface area (Å²) in [6.07, 6.45) is 3.48. The summed E-state index contributed by atoms with van der Waals surface area (Å²) in [7, 11) is 0.